The maximum absolute atomic E-state index is 5.96. The van der Waals surface area contributed by atoms with Gasteiger partial charge in [0, 0.05) is 22.5 Å². The number of rotatable bonds is 1. The van der Waals surface area contributed by atoms with Gasteiger partial charge in [0.25, 0.3) is 0 Å². The van der Waals surface area contributed by atoms with Crippen molar-refractivity contribution in [1.82, 2.24) is 0 Å². The summed E-state index contributed by atoms with van der Waals surface area (Å²) in [6.07, 6.45) is 0. The Hall–Kier alpha value is -0.970. The number of benzene rings is 1. The lowest BCUT2D eigenvalue weighted by Gasteiger charge is -2.07. The topological polar surface area (TPSA) is 26.0 Å². The molecule has 0 aliphatic heterocycles. The average Bonchev–Trinajstić information content (AvgIpc) is 2.15. The Morgan fingerprint density at radius 2 is 2.00 bits per heavy atom. The van der Waals surface area contributed by atoms with E-state index in [1.807, 2.05) is 18.2 Å². The highest BCUT2D eigenvalue weighted by molar-refractivity contribution is 6.31. The first kappa shape index (κ1) is 12.1. The van der Waals surface area contributed by atoms with Gasteiger partial charge >= 0.3 is 0 Å². The molecular formula is C13H16ClN. The zero-order valence-corrected chi connectivity index (χ0v) is 10.2. The minimum absolute atomic E-state index is 0.0164. The molecular weight excluding hydrogens is 206 g/mol. The van der Waals surface area contributed by atoms with Crippen molar-refractivity contribution in [3.63, 3.8) is 0 Å². The molecule has 0 spiro atoms. The third-order valence-electron chi connectivity index (χ3n) is 1.85. The average molecular weight is 222 g/mol. The van der Waals surface area contributed by atoms with E-state index in [-0.39, 0.29) is 5.41 Å². The van der Waals surface area contributed by atoms with Crippen molar-refractivity contribution in [1.29, 1.82) is 0 Å². The number of hydrogen-bond donors (Lipinski definition) is 1. The van der Waals surface area contributed by atoms with E-state index in [0.717, 1.165) is 11.1 Å². The van der Waals surface area contributed by atoms with Crippen LogP contribution in [0.15, 0.2) is 18.2 Å². The molecule has 1 rings (SSSR count). The van der Waals surface area contributed by atoms with E-state index in [0.29, 0.717) is 11.6 Å². The van der Waals surface area contributed by atoms with Crippen LogP contribution in [0.25, 0.3) is 0 Å². The third-order valence-corrected chi connectivity index (χ3v) is 2.22. The van der Waals surface area contributed by atoms with Crippen LogP contribution in [0.3, 0.4) is 0 Å². The van der Waals surface area contributed by atoms with Crippen molar-refractivity contribution in [3.8, 4) is 11.8 Å². The van der Waals surface area contributed by atoms with Gasteiger partial charge in [-0.25, -0.2) is 0 Å². The first-order valence-electron chi connectivity index (χ1n) is 4.94. The summed E-state index contributed by atoms with van der Waals surface area (Å²) in [5, 5.41) is 0.707. The lowest BCUT2D eigenvalue weighted by atomic mass is 9.97. The molecule has 1 aromatic rings. The van der Waals surface area contributed by atoms with Gasteiger partial charge < -0.3 is 5.73 Å². The molecule has 0 aromatic heterocycles. The van der Waals surface area contributed by atoms with Crippen molar-refractivity contribution in [3.05, 3.63) is 34.3 Å². The summed E-state index contributed by atoms with van der Waals surface area (Å²) < 4.78 is 0. The Morgan fingerprint density at radius 3 is 2.53 bits per heavy atom. The summed E-state index contributed by atoms with van der Waals surface area (Å²) in [4.78, 5) is 0. The van der Waals surface area contributed by atoms with Crippen LogP contribution in [0.2, 0.25) is 5.02 Å². The van der Waals surface area contributed by atoms with Crippen molar-refractivity contribution in [2.75, 3.05) is 0 Å². The summed E-state index contributed by atoms with van der Waals surface area (Å²) in [5.41, 5.74) is 7.49. The molecule has 0 amide bonds. The van der Waals surface area contributed by atoms with Gasteiger partial charge in [0.1, 0.15) is 0 Å². The van der Waals surface area contributed by atoms with Crippen molar-refractivity contribution in [2.24, 2.45) is 11.1 Å². The Bertz CT molecular complexity index is 405. The quantitative estimate of drug-likeness (QED) is 0.725. The molecule has 80 valence electrons. The predicted molar refractivity (Wildman–Crippen MR) is 65.7 cm³/mol. The van der Waals surface area contributed by atoms with Gasteiger partial charge in [0.15, 0.2) is 0 Å². The standard InChI is InChI=1S/C13H16ClN/c1-13(2,3)7-6-10-4-5-12(14)11(8-10)9-15/h4-5,8H,9,15H2,1-3H3. The molecule has 0 bridgehead atoms. The summed E-state index contributed by atoms with van der Waals surface area (Å²) in [6, 6.07) is 5.71. The summed E-state index contributed by atoms with van der Waals surface area (Å²) in [6.45, 7) is 6.70. The highest BCUT2D eigenvalue weighted by Gasteiger charge is 2.04. The number of hydrogen-bond acceptors (Lipinski definition) is 1. The van der Waals surface area contributed by atoms with Crippen LogP contribution < -0.4 is 5.73 Å². The van der Waals surface area contributed by atoms with Crippen LogP contribution in [0.4, 0.5) is 0 Å². The molecule has 15 heavy (non-hydrogen) atoms. The Balaban J connectivity index is 3.01. The van der Waals surface area contributed by atoms with Crippen LogP contribution in [-0.2, 0) is 6.54 Å². The fourth-order valence-corrected chi connectivity index (χ4v) is 1.26. The molecule has 0 atom stereocenters. The fraction of sp³-hybridized carbons (Fsp3) is 0.385. The first-order valence-corrected chi connectivity index (χ1v) is 5.32. The molecule has 1 nitrogen and oxygen atoms in total. The SMILES string of the molecule is CC(C)(C)C#Cc1ccc(Cl)c(CN)c1. The van der Waals surface area contributed by atoms with Crippen LogP contribution >= 0.6 is 11.6 Å². The van der Waals surface area contributed by atoms with Gasteiger partial charge in [-0.05, 0) is 44.5 Å². The molecule has 0 fully saturated rings. The van der Waals surface area contributed by atoms with Crippen molar-refractivity contribution >= 4 is 11.6 Å². The van der Waals surface area contributed by atoms with E-state index in [9.17, 15) is 0 Å². The molecule has 0 radical (unpaired) electrons. The van der Waals surface area contributed by atoms with Gasteiger partial charge in [0.05, 0.1) is 0 Å². The van der Waals surface area contributed by atoms with Crippen molar-refractivity contribution < 1.29 is 0 Å². The van der Waals surface area contributed by atoms with Crippen LogP contribution in [-0.4, -0.2) is 0 Å². The van der Waals surface area contributed by atoms with Gasteiger partial charge in [-0.2, -0.15) is 0 Å². The largest absolute Gasteiger partial charge is 0.326 e. The molecule has 0 heterocycles. The maximum atomic E-state index is 5.96. The Labute approximate surface area is 96.6 Å². The number of halogens is 1. The summed E-state index contributed by atoms with van der Waals surface area (Å²) in [5.74, 6) is 6.30. The van der Waals surface area contributed by atoms with E-state index < -0.39 is 0 Å². The van der Waals surface area contributed by atoms with Gasteiger partial charge in [0.2, 0.25) is 0 Å². The summed E-state index contributed by atoms with van der Waals surface area (Å²) >= 11 is 5.96. The van der Waals surface area contributed by atoms with E-state index in [4.69, 9.17) is 17.3 Å². The normalized spacial score (nSPS) is 10.7. The predicted octanol–water partition coefficient (Wildman–Crippen LogP) is 3.20. The van der Waals surface area contributed by atoms with Gasteiger partial charge in [-0.15, -0.1) is 0 Å². The molecule has 0 aliphatic rings. The zero-order chi connectivity index (χ0) is 11.5. The molecule has 0 saturated carbocycles. The molecule has 0 unspecified atom stereocenters. The first-order chi connectivity index (χ1) is 6.92. The minimum Gasteiger partial charge on any atom is -0.326 e. The number of nitrogens with two attached hydrogens (primary N) is 1. The van der Waals surface area contributed by atoms with E-state index in [2.05, 4.69) is 32.6 Å². The minimum atomic E-state index is 0.0164. The summed E-state index contributed by atoms with van der Waals surface area (Å²) in [7, 11) is 0. The van der Waals surface area contributed by atoms with Crippen LogP contribution in [0.1, 0.15) is 31.9 Å². The second-order valence-corrected chi connectivity index (χ2v) is 4.92. The van der Waals surface area contributed by atoms with E-state index in [1.54, 1.807) is 0 Å². The second-order valence-electron chi connectivity index (χ2n) is 4.51. The smallest absolute Gasteiger partial charge is 0.0451 e. The van der Waals surface area contributed by atoms with E-state index >= 15 is 0 Å². The van der Waals surface area contributed by atoms with Crippen LogP contribution in [0, 0.1) is 17.3 Å². The fourth-order valence-electron chi connectivity index (χ4n) is 1.07. The van der Waals surface area contributed by atoms with Gasteiger partial charge in [-0.1, -0.05) is 23.4 Å². The lowest BCUT2D eigenvalue weighted by Crippen LogP contribution is -2.00. The zero-order valence-electron chi connectivity index (χ0n) is 9.39. The molecule has 1 aromatic carbocycles. The molecule has 0 saturated heterocycles. The van der Waals surface area contributed by atoms with Gasteiger partial charge in [-0.3, -0.25) is 0 Å². The third kappa shape index (κ3) is 3.95. The Kier molecular flexibility index (Phi) is 3.79. The highest BCUT2D eigenvalue weighted by Crippen LogP contribution is 2.17. The lowest BCUT2D eigenvalue weighted by molar-refractivity contribution is 0.571. The Morgan fingerprint density at radius 1 is 1.33 bits per heavy atom. The monoisotopic (exact) mass is 221 g/mol. The second kappa shape index (κ2) is 4.70. The molecule has 0 aliphatic carbocycles. The van der Waals surface area contributed by atoms with E-state index in [1.165, 1.54) is 0 Å². The molecule has 2 heteroatoms. The highest BCUT2D eigenvalue weighted by atomic mass is 35.5. The molecule has 2 N–H and O–H groups in total. The maximum Gasteiger partial charge on any atom is 0.0451 e. The van der Waals surface area contributed by atoms with Crippen LogP contribution in [0.5, 0.6) is 0 Å². The van der Waals surface area contributed by atoms with Crippen molar-refractivity contribution in [2.45, 2.75) is 27.3 Å².